The van der Waals surface area contributed by atoms with Crippen LogP contribution in [-0.4, -0.2) is 79.1 Å². The van der Waals surface area contributed by atoms with E-state index in [1.807, 2.05) is 38.3 Å². The maximum Gasteiger partial charge on any atom is 0.290 e. The zero-order valence-electron chi connectivity index (χ0n) is 25.1. The van der Waals surface area contributed by atoms with E-state index in [0.29, 0.717) is 28.8 Å². The van der Waals surface area contributed by atoms with Crippen LogP contribution in [0.3, 0.4) is 0 Å². The Balaban J connectivity index is 0.00000129. The number of imidazole rings is 1. The number of pyridine rings is 1. The third kappa shape index (κ3) is 6.71. The number of rotatable bonds is 6. The van der Waals surface area contributed by atoms with Crippen LogP contribution >= 0.6 is 0 Å². The van der Waals surface area contributed by atoms with Gasteiger partial charge in [0.2, 0.25) is 5.95 Å². The molecular weight excluding hydrogens is 542 g/mol. The second kappa shape index (κ2) is 12.5. The van der Waals surface area contributed by atoms with Crippen LogP contribution in [0.1, 0.15) is 44.8 Å². The molecule has 0 amide bonds. The maximum absolute atomic E-state index is 15.1. The van der Waals surface area contributed by atoms with Gasteiger partial charge in [-0.1, -0.05) is 6.07 Å². The molecule has 1 aliphatic rings. The fraction of sp³-hybridized carbons (Fsp3) is 0.433. The van der Waals surface area contributed by atoms with Gasteiger partial charge in [0.05, 0.1) is 11.7 Å². The number of anilines is 2. The Bertz CT molecular complexity index is 1580. The van der Waals surface area contributed by atoms with Gasteiger partial charge in [-0.15, -0.1) is 0 Å². The molecule has 0 radical (unpaired) electrons. The van der Waals surface area contributed by atoms with Crippen molar-refractivity contribution in [1.29, 1.82) is 0 Å². The smallest absolute Gasteiger partial charge is 0.290 e. The van der Waals surface area contributed by atoms with Crippen LogP contribution in [0.5, 0.6) is 0 Å². The van der Waals surface area contributed by atoms with Gasteiger partial charge in [-0.3, -0.25) is 9.69 Å². The molecule has 4 aromatic rings. The first-order chi connectivity index (χ1) is 19.8. The van der Waals surface area contributed by atoms with Crippen LogP contribution in [0.2, 0.25) is 0 Å². The van der Waals surface area contributed by atoms with Crippen molar-refractivity contribution in [3.05, 3.63) is 59.2 Å². The fourth-order valence-electron chi connectivity index (χ4n) is 5.31. The number of hydrogen-bond acceptors (Lipinski definition) is 8. The van der Waals surface area contributed by atoms with Crippen LogP contribution in [-0.2, 0) is 23.3 Å². The van der Waals surface area contributed by atoms with Crippen LogP contribution in [0.4, 0.5) is 20.5 Å². The molecular formula is C30H38F2N8O2. The Morgan fingerprint density at radius 2 is 1.86 bits per heavy atom. The lowest BCUT2D eigenvalue weighted by molar-refractivity contribution is -0.122. The molecule has 3 aromatic heterocycles. The summed E-state index contributed by atoms with van der Waals surface area (Å²) in [4.78, 5) is 30.8. The molecule has 224 valence electrons. The summed E-state index contributed by atoms with van der Waals surface area (Å²) in [5, 5.41) is 10.0. The van der Waals surface area contributed by atoms with Gasteiger partial charge in [-0.05, 0) is 72.5 Å². The number of carbonyl (C=O) groups is 1. The molecule has 5 rings (SSSR count). The number of halogens is 2. The zero-order valence-corrected chi connectivity index (χ0v) is 25.1. The van der Waals surface area contributed by atoms with Crippen molar-refractivity contribution < 1.29 is 18.7 Å². The van der Waals surface area contributed by atoms with Crippen molar-refractivity contribution >= 4 is 29.3 Å². The average Bonchev–Trinajstić information content (AvgIpc) is 3.26. The second-order valence-corrected chi connectivity index (χ2v) is 11.7. The van der Waals surface area contributed by atoms with E-state index in [9.17, 15) is 4.39 Å². The van der Waals surface area contributed by atoms with Crippen LogP contribution in [0, 0.1) is 18.6 Å². The lowest BCUT2D eigenvalue weighted by Crippen LogP contribution is -2.42. The van der Waals surface area contributed by atoms with Crippen molar-refractivity contribution in [3.63, 3.8) is 0 Å². The molecule has 42 heavy (non-hydrogen) atoms. The summed E-state index contributed by atoms with van der Waals surface area (Å²) in [6, 6.07) is 7.35. The van der Waals surface area contributed by atoms with E-state index in [0.717, 1.165) is 37.9 Å². The molecule has 0 fully saturated rings. The van der Waals surface area contributed by atoms with Crippen molar-refractivity contribution in [2.45, 2.75) is 59.2 Å². The summed E-state index contributed by atoms with van der Waals surface area (Å²) in [7, 11) is 4.17. The quantitative estimate of drug-likeness (QED) is 0.305. The molecule has 10 nitrogen and oxygen atoms in total. The van der Waals surface area contributed by atoms with Crippen LogP contribution < -0.4 is 5.32 Å². The Hall–Kier alpha value is -4.03. The molecule has 1 aliphatic heterocycles. The third-order valence-corrected chi connectivity index (χ3v) is 7.20. The molecule has 0 aliphatic carbocycles. The van der Waals surface area contributed by atoms with Gasteiger partial charge in [-0.2, -0.15) is 0 Å². The van der Waals surface area contributed by atoms with Gasteiger partial charge >= 0.3 is 0 Å². The van der Waals surface area contributed by atoms with Crippen molar-refractivity contribution in [2.24, 2.45) is 0 Å². The number of aromatic nitrogens is 5. The average molecular weight is 581 g/mol. The molecule has 4 heterocycles. The third-order valence-electron chi connectivity index (χ3n) is 7.20. The summed E-state index contributed by atoms with van der Waals surface area (Å²) in [6.45, 7) is 12.7. The Labute approximate surface area is 244 Å². The maximum atomic E-state index is 15.1. The molecule has 0 saturated carbocycles. The number of benzene rings is 1. The van der Waals surface area contributed by atoms with Gasteiger partial charge in [0.25, 0.3) is 6.47 Å². The Morgan fingerprint density at radius 1 is 1.14 bits per heavy atom. The van der Waals surface area contributed by atoms with E-state index in [1.165, 1.54) is 11.6 Å². The molecule has 1 aromatic carbocycles. The number of nitrogens with one attached hydrogen (secondary N) is 1. The highest BCUT2D eigenvalue weighted by atomic mass is 19.1. The number of hydrogen-bond donors (Lipinski definition) is 2. The zero-order chi connectivity index (χ0) is 30.8. The summed E-state index contributed by atoms with van der Waals surface area (Å²) >= 11 is 0. The van der Waals surface area contributed by atoms with Gasteiger partial charge in [-0.25, -0.2) is 28.7 Å². The van der Waals surface area contributed by atoms with Gasteiger partial charge < -0.3 is 19.9 Å². The number of fused-ring (bicyclic) bond motifs is 2. The van der Waals surface area contributed by atoms with Gasteiger partial charge in [0.1, 0.15) is 22.9 Å². The molecule has 0 saturated heterocycles. The molecule has 0 unspecified atom stereocenters. The topological polar surface area (TPSA) is 112 Å². The highest BCUT2D eigenvalue weighted by molar-refractivity contribution is 5.83. The van der Waals surface area contributed by atoms with Gasteiger partial charge in [0, 0.05) is 48.9 Å². The first-order valence-electron chi connectivity index (χ1n) is 13.8. The first-order valence-corrected chi connectivity index (χ1v) is 13.8. The standard InChI is InChI=1S/C29H36F2N8.CH2O2/c1-17-12-23-19(16-38(17)11-10-37(6)7)8-9-25(34-23)35-28-32-15-22(31)26(36-28)20-13-21(30)27-24(14-20)39(18(2)33-27)29(3,4)5;2-1-3/h8-9,13-15,17H,10-12,16H2,1-7H3,(H,32,34,35,36);1H,(H,2,3)/t17-;/m1./s1. The monoisotopic (exact) mass is 580 g/mol. The summed E-state index contributed by atoms with van der Waals surface area (Å²) in [5.74, 6) is 0.307. The SMILES string of the molecule is Cc1nc2c(F)cc(-c3nc(Nc4ccc5c(n4)C[C@@H](C)N(CCN(C)C)C5)ncc3F)cc2n1C(C)(C)C.O=CO. The number of aryl methyl sites for hydroxylation is 1. The highest BCUT2D eigenvalue weighted by Gasteiger charge is 2.25. The molecule has 2 N–H and O–H groups in total. The van der Waals surface area contributed by atoms with Crippen LogP contribution in [0.25, 0.3) is 22.3 Å². The summed E-state index contributed by atoms with van der Waals surface area (Å²) in [5.41, 5.74) is 3.08. The molecule has 1 atom stereocenters. The van der Waals surface area contributed by atoms with Crippen molar-refractivity contribution in [2.75, 3.05) is 32.5 Å². The van der Waals surface area contributed by atoms with E-state index >= 15 is 4.39 Å². The van der Waals surface area contributed by atoms with E-state index in [1.54, 1.807) is 6.07 Å². The number of nitrogens with zero attached hydrogens (tertiary/aromatic N) is 7. The lowest BCUT2D eigenvalue weighted by Gasteiger charge is -2.35. The van der Waals surface area contributed by atoms with Crippen molar-refractivity contribution in [3.8, 4) is 11.3 Å². The number of carboxylic acid groups (broad SMARTS) is 1. The van der Waals surface area contributed by atoms with E-state index in [4.69, 9.17) is 14.9 Å². The fourth-order valence-corrected chi connectivity index (χ4v) is 5.31. The van der Waals surface area contributed by atoms with Crippen LogP contribution in [0.15, 0.2) is 30.5 Å². The largest absolute Gasteiger partial charge is 0.483 e. The molecule has 0 spiro atoms. The van der Waals surface area contributed by atoms with E-state index < -0.39 is 11.6 Å². The summed E-state index contributed by atoms with van der Waals surface area (Å²) in [6.07, 6.45) is 1.94. The van der Waals surface area contributed by atoms with E-state index in [-0.39, 0.29) is 29.2 Å². The van der Waals surface area contributed by atoms with E-state index in [2.05, 4.69) is 57.2 Å². The predicted molar refractivity (Wildman–Crippen MR) is 159 cm³/mol. The minimum atomic E-state index is -0.636. The minimum absolute atomic E-state index is 0.00993. The lowest BCUT2D eigenvalue weighted by atomic mass is 9.99. The highest BCUT2D eigenvalue weighted by Crippen LogP contribution is 2.32. The van der Waals surface area contributed by atoms with Gasteiger partial charge in [0.15, 0.2) is 11.6 Å². The predicted octanol–water partition coefficient (Wildman–Crippen LogP) is 4.98. The summed E-state index contributed by atoms with van der Waals surface area (Å²) < 4.78 is 32.0. The van der Waals surface area contributed by atoms with Crippen molar-refractivity contribution in [1.82, 2.24) is 34.3 Å². The first kappa shape index (κ1) is 30.9. The second-order valence-electron chi connectivity index (χ2n) is 11.7. The minimum Gasteiger partial charge on any atom is -0.483 e. The molecule has 0 bridgehead atoms. The normalized spacial score (nSPS) is 15.3. The number of likely N-dealkylation sites (N-methyl/N-ethyl adjacent to an activating group) is 1. The Kier molecular flexibility index (Phi) is 9.17. The Morgan fingerprint density at radius 3 is 2.52 bits per heavy atom. The molecule has 12 heteroatoms.